The minimum Gasteiger partial charge on any atom is -0.322 e. The molecule has 2 N–H and O–H groups in total. The Labute approximate surface area is 200 Å². The molecule has 1 aliphatic carbocycles. The fourth-order valence-corrected chi connectivity index (χ4v) is 5.87. The van der Waals surface area contributed by atoms with Crippen LogP contribution in [-0.4, -0.2) is 17.6 Å². The zero-order chi connectivity index (χ0) is 23.4. The molecule has 4 rings (SSSR count). The van der Waals surface area contributed by atoms with E-state index in [-0.39, 0.29) is 17.6 Å². The van der Waals surface area contributed by atoms with Gasteiger partial charge in [-0.05, 0) is 73.2 Å². The van der Waals surface area contributed by atoms with Gasteiger partial charge < -0.3 is 10.6 Å². The van der Waals surface area contributed by atoms with Crippen LogP contribution in [0, 0.1) is 23.1 Å². The number of carbonyl (C=O) groups excluding carboxylic acids is 2. The summed E-state index contributed by atoms with van der Waals surface area (Å²) in [6.45, 7) is 2.21. The van der Waals surface area contributed by atoms with Crippen molar-refractivity contribution in [2.24, 2.45) is 5.92 Å². The largest absolute Gasteiger partial charge is 0.322 e. The summed E-state index contributed by atoms with van der Waals surface area (Å²) in [5.74, 6) is -0.141. The van der Waals surface area contributed by atoms with E-state index in [1.54, 1.807) is 18.2 Å². The molecule has 0 aliphatic heterocycles. The van der Waals surface area contributed by atoms with Crippen molar-refractivity contribution in [2.75, 3.05) is 16.4 Å². The highest BCUT2D eigenvalue weighted by Crippen LogP contribution is 2.39. The van der Waals surface area contributed by atoms with E-state index >= 15 is 0 Å². The van der Waals surface area contributed by atoms with Gasteiger partial charge in [0.1, 0.15) is 16.9 Å². The van der Waals surface area contributed by atoms with Gasteiger partial charge in [0.2, 0.25) is 5.91 Å². The number of hydrogen-bond donors (Lipinski definition) is 2. The van der Waals surface area contributed by atoms with Gasteiger partial charge in [-0.15, -0.1) is 23.1 Å². The van der Waals surface area contributed by atoms with Crippen LogP contribution < -0.4 is 10.6 Å². The van der Waals surface area contributed by atoms with Crippen molar-refractivity contribution in [1.29, 1.82) is 5.26 Å². The van der Waals surface area contributed by atoms with Gasteiger partial charge in [-0.25, -0.2) is 4.39 Å². The van der Waals surface area contributed by atoms with Crippen molar-refractivity contribution < 1.29 is 14.0 Å². The van der Waals surface area contributed by atoms with Gasteiger partial charge >= 0.3 is 0 Å². The van der Waals surface area contributed by atoms with Crippen molar-refractivity contribution in [3.63, 3.8) is 0 Å². The first-order chi connectivity index (χ1) is 15.9. The summed E-state index contributed by atoms with van der Waals surface area (Å²) in [5.41, 5.74) is 2.63. The highest BCUT2D eigenvalue weighted by Gasteiger charge is 2.24. The van der Waals surface area contributed by atoms with Gasteiger partial charge in [-0.3, -0.25) is 9.59 Å². The van der Waals surface area contributed by atoms with Crippen molar-refractivity contribution >= 4 is 45.6 Å². The minimum atomic E-state index is -0.401. The van der Waals surface area contributed by atoms with E-state index in [9.17, 15) is 19.2 Å². The molecule has 0 bridgehead atoms. The summed E-state index contributed by atoms with van der Waals surface area (Å²) in [6.07, 6.45) is 2.91. The standard InChI is InChI=1S/C25H22FN3O2S2/c1-15-5-10-20-21(13-27)25(33-22(20)11-15)29-23(30)14-32-19-4-2-3-18(12-19)28-24(31)16-6-8-17(26)9-7-16/h2-4,6-9,12,15H,5,10-11,14H2,1H3,(H,28,31)(H,29,30). The molecule has 0 saturated heterocycles. The Morgan fingerprint density at radius 1 is 1.21 bits per heavy atom. The van der Waals surface area contributed by atoms with E-state index < -0.39 is 5.82 Å². The van der Waals surface area contributed by atoms with Crippen LogP contribution in [0.4, 0.5) is 15.1 Å². The van der Waals surface area contributed by atoms with Gasteiger partial charge in [0.05, 0.1) is 11.3 Å². The Morgan fingerprint density at radius 2 is 2.00 bits per heavy atom. The highest BCUT2D eigenvalue weighted by atomic mass is 32.2. The SMILES string of the molecule is CC1CCc2c(sc(NC(=O)CSc3cccc(NC(=O)c4ccc(F)cc4)c3)c2C#N)C1. The first kappa shape index (κ1) is 23.0. The molecule has 3 aromatic rings. The lowest BCUT2D eigenvalue weighted by molar-refractivity contribution is -0.113. The number of thiophene rings is 1. The van der Waals surface area contributed by atoms with Gasteiger partial charge in [-0.2, -0.15) is 5.26 Å². The molecule has 1 aromatic heterocycles. The zero-order valence-electron chi connectivity index (χ0n) is 18.0. The van der Waals surface area contributed by atoms with E-state index in [4.69, 9.17) is 0 Å². The molecule has 168 valence electrons. The number of nitrogens with one attached hydrogen (secondary N) is 2. The maximum atomic E-state index is 13.1. The predicted octanol–water partition coefficient (Wildman–Crippen LogP) is 5.87. The number of nitrogens with zero attached hydrogens (tertiary/aromatic N) is 1. The summed E-state index contributed by atoms with van der Waals surface area (Å²) < 4.78 is 13.1. The second-order valence-electron chi connectivity index (χ2n) is 7.99. The summed E-state index contributed by atoms with van der Waals surface area (Å²) >= 11 is 2.86. The van der Waals surface area contributed by atoms with Crippen molar-refractivity contribution in [3.05, 3.63) is 75.9 Å². The fourth-order valence-electron chi connectivity index (χ4n) is 3.74. The number of halogens is 1. The second-order valence-corrected chi connectivity index (χ2v) is 10.1. The second kappa shape index (κ2) is 10.2. The number of nitriles is 1. The first-order valence-corrected chi connectivity index (χ1v) is 12.4. The average molecular weight is 480 g/mol. The lowest BCUT2D eigenvalue weighted by Gasteiger charge is -2.17. The Kier molecular flexibility index (Phi) is 7.11. The molecule has 1 unspecified atom stereocenters. The lowest BCUT2D eigenvalue weighted by atomic mass is 9.89. The Bertz CT molecular complexity index is 1230. The van der Waals surface area contributed by atoms with Crippen molar-refractivity contribution in [2.45, 2.75) is 31.1 Å². The maximum absolute atomic E-state index is 13.1. The topological polar surface area (TPSA) is 82.0 Å². The summed E-state index contributed by atoms with van der Waals surface area (Å²) in [5, 5.41) is 15.9. The van der Waals surface area contributed by atoms with Crippen LogP contribution in [-0.2, 0) is 17.6 Å². The molecule has 2 amide bonds. The molecular formula is C25H22FN3O2S2. The highest BCUT2D eigenvalue weighted by molar-refractivity contribution is 8.00. The van der Waals surface area contributed by atoms with Gasteiger partial charge in [0, 0.05) is 21.0 Å². The zero-order valence-corrected chi connectivity index (χ0v) is 19.6. The third-order valence-electron chi connectivity index (χ3n) is 5.44. The quantitative estimate of drug-likeness (QED) is 0.434. The molecule has 5 nitrogen and oxygen atoms in total. The van der Waals surface area contributed by atoms with E-state index in [1.807, 2.05) is 6.07 Å². The van der Waals surface area contributed by atoms with Gasteiger partial charge in [0.25, 0.3) is 5.91 Å². The molecule has 1 aliphatic rings. The summed E-state index contributed by atoms with van der Waals surface area (Å²) in [7, 11) is 0. The third kappa shape index (κ3) is 5.62. The van der Waals surface area contributed by atoms with Crippen molar-refractivity contribution in [3.8, 4) is 6.07 Å². The smallest absolute Gasteiger partial charge is 0.255 e. The Balaban J connectivity index is 1.36. The molecule has 33 heavy (non-hydrogen) atoms. The first-order valence-electron chi connectivity index (χ1n) is 10.6. The number of rotatable bonds is 6. The van der Waals surface area contributed by atoms with Crippen molar-refractivity contribution in [1.82, 2.24) is 0 Å². The number of fused-ring (bicyclic) bond motifs is 1. The number of thioether (sulfide) groups is 1. The third-order valence-corrected chi connectivity index (χ3v) is 7.61. The van der Waals surface area contributed by atoms with Gasteiger partial charge in [0.15, 0.2) is 0 Å². The van der Waals surface area contributed by atoms with E-state index in [2.05, 4.69) is 23.6 Å². The summed E-state index contributed by atoms with van der Waals surface area (Å²) in [6, 6.07) is 14.8. The van der Waals surface area contributed by atoms with Crippen LogP contribution in [0.2, 0.25) is 0 Å². The van der Waals surface area contributed by atoms with E-state index in [0.29, 0.717) is 27.7 Å². The lowest BCUT2D eigenvalue weighted by Crippen LogP contribution is -2.14. The molecule has 0 spiro atoms. The molecule has 0 radical (unpaired) electrons. The number of benzene rings is 2. The average Bonchev–Trinajstić information content (AvgIpc) is 3.14. The maximum Gasteiger partial charge on any atom is 0.255 e. The van der Waals surface area contributed by atoms with Crippen LogP contribution in [0.15, 0.2) is 53.4 Å². The van der Waals surface area contributed by atoms with Crippen LogP contribution in [0.1, 0.15) is 39.7 Å². The fraction of sp³-hybridized carbons (Fsp3) is 0.240. The molecule has 8 heteroatoms. The molecule has 0 fully saturated rings. The molecular weight excluding hydrogens is 457 g/mol. The summed E-state index contributed by atoms with van der Waals surface area (Å²) in [4.78, 5) is 26.9. The van der Waals surface area contributed by atoms with E-state index in [1.165, 1.54) is 52.2 Å². The Morgan fingerprint density at radius 3 is 2.76 bits per heavy atom. The number of amides is 2. The molecule has 1 atom stereocenters. The van der Waals surface area contributed by atoms with E-state index in [0.717, 1.165) is 29.7 Å². The van der Waals surface area contributed by atoms with Crippen LogP contribution in [0.25, 0.3) is 0 Å². The normalized spacial score (nSPS) is 14.8. The molecule has 0 saturated carbocycles. The number of hydrogen-bond acceptors (Lipinski definition) is 5. The molecule has 2 aromatic carbocycles. The van der Waals surface area contributed by atoms with Crippen LogP contribution in [0.3, 0.4) is 0 Å². The minimum absolute atomic E-state index is 0.177. The number of anilines is 2. The Hall–Kier alpha value is -3.15. The van der Waals surface area contributed by atoms with Crippen LogP contribution >= 0.6 is 23.1 Å². The molecule has 1 heterocycles. The monoisotopic (exact) mass is 479 g/mol. The van der Waals surface area contributed by atoms with Gasteiger partial charge in [-0.1, -0.05) is 13.0 Å². The van der Waals surface area contributed by atoms with Crippen LogP contribution in [0.5, 0.6) is 0 Å². The number of carbonyl (C=O) groups is 2. The predicted molar refractivity (Wildman–Crippen MR) is 130 cm³/mol.